The molecule has 20 heavy (non-hydrogen) atoms. The van der Waals surface area contributed by atoms with Crippen molar-refractivity contribution in [3.63, 3.8) is 0 Å². The minimum absolute atomic E-state index is 0.0690. The Morgan fingerprint density at radius 3 is 2.65 bits per heavy atom. The Morgan fingerprint density at radius 2 is 2.00 bits per heavy atom. The average Bonchev–Trinajstić information content (AvgIpc) is 2.37. The summed E-state index contributed by atoms with van der Waals surface area (Å²) >= 11 is 0. The summed E-state index contributed by atoms with van der Waals surface area (Å²) in [6.45, 7) is 5.27. The number of benzene rings is 1. The normalized spacial score (nSPS) is 24.8. The molecule has 0 saturated carbocycles. The molecule has 2 rings (SSSR count). The minimum atomic E-state index is -3.24. The first-order chi connectivity index (χ1) is 9.42. The molecule has 1 heterocycles. The summed E-state index contributed by atoms with van der Waals surface area (Å²) in [5, 5.41) is 0. The number of nitrogens with zero attached hydrogens (tertiary/aromatic N) is 1. The maximum absolute atomic E-state index is 12.6. The van der Waals surface area contributed by atoms with Gasteiger partial charge in [-0.2, -0.15) is 4.31 Å². The van der Waals surface area contributed by atoms with Crippen LogP contribution in [0, 0.1) is 5.92 Å². The quantitative estimate of drug-likeness (QED) is 0.925. The van der Waals surface area contributed by atoms with E-state index in [1.54, 1.807) is 4.31 Å². The van der Waals surface area contributed by atoms with Crippen LogP contribution in [-0.4, -0.2) is 25.3 Å². The van der Waals surface area contributed by atoms with Crippen LogP contribution in [-0.2, 0) is 22.3 Å². The second-order valence-corrected chi connectivity index (χ2v) is 7.79. The Morgan fingerprint density at radius 1 is 1.30 bits per heavy atom. The van der Waals surface area contributed by atoms with Gasteiger partial charge < -0.3 is 5.73 Å². The smallest absolute Gasteiger partial charge is 0.218 e. The van der Waals surface area contributed by atoms with E-state index < -0.39 is 10.0 Å². The van der Waals surface area contributed by atoms with Crippen molar-refractivity contribution in [1.82, 2.24) is 4.31 Å². The van der Waals surface area contributed by atoms with Gasteiger partial charge >= 0.3 is 0 Å². The van der Waals surface area contributed by atoms with Gasteiger partial charge in [0.15, 0.2) is 0 Å². The van der Waals surface area contributed by atoms with Crippen molar-refractivity contribution in [2.75, 3.05) is 6.54 Å². The SMILES string of the molecule is CC1CCN(S(=O)(=O)Cc2cccc(CN)c2)C(C)C1. The number of piperidine rings is 1. The molecule has 4 nitrogen and oxygen atoms in total. The van der Waals surface area contributed by atoms with Crippen LogP contribution < -0.4 is 5.73 Å². The molecule has 1 fully saturated rings. The summed E-state index contributed by atoms with van der Waals surface area (Å²) in [5.41, 5.74) is 7.39. The zero-order chi connectivity index (χ0) is 14.8. The molecule has 0 aliphatic carbocycles. The van der Waals surface area contributed by atoms with Crippen molar-refractivity contribution in [1.29, 1.82) is 0 Å². The monoisotopic (exact) mass is 296 g/mol. The maximum atomic E-state index is 12.6. The van der Waals surface area contributed by atoms with E-state index in [0.29, 0.717) is 19.0 Å². The zero-order valence-electron chi connectivity index (χ0n) is 12.2. The number of hydrogen-bond donors (Lipinski definition) is 1. The van der Waals surface area contributed by atoms with Crippen molar-refractivity contribution in [3.8, 4) is 0 Å². The lowest BCUT2D eigenvalue weighted by atomic mass is 9.95. The van der Waals surface area contributed by atoms with E-state index in [1.807, 2.05) is 31.2 Å². The molecule has 5 heteroatoms. The molecule has 0 spiro atoms. The second-order valence-electron chi connectivity index (χ2n) is 5.87. The van der Waals surface area contributed by atoms with E-state index in [2.05, 4.69) is 6.92 Å². The van der Waals surface area contributed by atoms with E-state index >= 15 is 0 Å². The van der Waals surface area contributed by atoms with Gasteiger partial charge in [0.25, 0.3) is 0 Å². The Kier molecular flexibility index (Phi) is 4.83. The first-order valence-corrected chi connectivity index (χ1v) is 8.80. The summed E-state index contributed by atoms with van der Waals surface area (Å²) in [4.78, 5) is 0. The first kappa shape index (κ1) is 15.5. The lowest BCUT2D eigenvalue weighted by Crippen LogP contribution is -2.44. The standard InChI is InChI=1S/C15H24N2O2S/c1-12-6-7-17(13(2)8-12)20(18,19)11-15-5-3-4-14(9-15)10-16/h3-5,9,12-13H,6-8,10-11,16H2,1-2H3. The highest BCUT2D eigenvalue weighted by Crippen LogP contribution is 2.26. The predicted octanol–water partition coefficient (Wildman–Crippen LogP) is 2.10. The summed E-state index contributed by atoms with van der Waals surface area (Å²) in [6, 6.07) is 7.63. The molecule has 1 saturated heterocycles. The summed E-state index contributed by atoms with van der Waals surface area (Å²) in [6.07, 6.45) is 1.90. The minimum Gasteiger partial charge on any atom is -0.326 e. The average molecular weight is 296 g/mol. The molecule has 2 N–H and O–H groups in total. The second kappa shape index (κ2) is 6.24. The number of rotatable bonds is 4. The van der Waals surface area contributed by atoms with Gasteiger partial charge in [-0.05, 0) is 36.8 Å². The highest BCUT2D eigenvalue weighted by molar-refractivity contribution is 7.88. The molecule has 1 aromatic rings. The Hall–Kier alpha value is -0.910. The van der Waals surface area contributed by atoms with Gasteiger partial charge in [-0.15, -0.1) is 0 Å². The topological polar surface area (TPSA) is 63.4 Å². The van der Waals surface area contributed by atoms with Crippen LogP contribution in [0.3, 0.4) is 0 Å². The first-order valence-electron chi connectivity index (χ1n) is 7.20. The molecule has 2 atom stereocenters. The van der Waals surface area contributed by atoms with E-state index in [1.165, 1.54) is 0 Å². The molecule has 0 radical (unpaired) electrons. The third-order valence-electron chi connectivity index (χ3n) is 4.01. The fraction of sp³-hybridized carbons (Fsp3) is 0.600. The van der Waals surface area contributed by atoms with Crippen LogP contribution in [0.2, 0.25) is 0 Å². The summed E-state index contributed by atoms with van der Waals surface area (Å²) < 4.78 is 26.8. The van der Waals surface area contributed by atoms with Gasteiger partial charge in [0.05, 0.1) is 5.75 Å². The van der Waals surface area contributed by atoms with Gasteiger partial charge in [-0.25, -0.2) is 8.42 Å². The van der Waals surface area contributed by atoms with E-state index in [0.717, 1.165) is 24.0 Å². The van der Waals surface area contributed by atoms with Crippen LogP contribution in [0.4, 0.5) is 0 Å². The molecule has 0 aromatic heterocycles. The van der Waals surface area contributed by atoms with Crippen LogP contribution >= 0.6 is 0 Å². The molecular weight excluding hydrogens is 272 g/mol. The van der Waals surface area contributed by atoms with E-state index in [9.17, 15) is 8.42 Å². The molecule has 112 valence electrons. The summed E-state index contributed by atoms with van der Waals surface area (Å²) in [5.74, 6) is 0.677. The highest BCUT2D eigenvalue weighted by atomic mass is 32.2. The van der Waals surface area contributed by atoms with Crippen molar-refractivity contribution in [2.24, 2.45) is 11.7 Å². The van der Waals surface area contributed by atoms with Crippen LogP contribution in [0.25, 0.3) is 0 Å². The fourth-order valence-corrected chi connectivity index (χ4v) is 4.72. The number of hydrogen-bond acceptors (Lipinski definition) is 3. The van der Waals surface area contributed by atoms with Crippen LogP contribution in [0.5, 0.6) is 0 Å². The third kappa shape index (κ3) is 3.59. The molecule has 1 aromatic carbocycles. The van der Waals surface area contributed by atoms with Gasteiger partial charge in [-0.1, -0.05) is 31.2 Å². The van der Waals surface area contributed by atoms with Crippen molar-refractivity contribution >= 4 is 10.0 Å². The lowest BCUT2D eigenvalue weighted by Gasteiger charge is -2.35. The molecule has 0 amide bonds. The Labute approximate surface area is 122 Å². The van der Waals surface area contributed by atoms with Crippen molar-refractivity contribution in [2.45, 2.75) is 45.0 Å². The molecular formula is C15H24N2O2S. The molecule has 1 aliphatic rings. The number of nitrogens with two attached hydrogens (primary N) is 1. The van der Waals surface area contributed by atoms with Gasteiger partial charge in [-0.3, -0.25) is 0 Å². The van der Waals surface area contributed by atoms with Crippen molar-refractivity contribution in [3.05, 3.63) is 35.4 Å². The van der Waals surface area contributed by atoms with Gasteiger partial charge in [0, 0.05) is 19.1 Å². The van der Waals surface area contributed by atoms with E-state index in [4.69, 9.17) is 5.73 Å². The third-order valence-corrected chi connectivity index (χ3v) is 5.97. The molecule has 2 unspecified atom stereocenters. The predicted molar refractivity (Wildman–Crippen MR) is 81.5 cm³/mol. The van der Waals surface area contributed by atoms with Crippen LogP contribution in [0.1, 0.15) is 37.8 Å². The fourth-order valence-electron chi connectivity index (χ4n) is 2.94. The Bertz CT molecular complexity index is 557. The van der Waals surface area contributed by atoms with Gasteiger partial charge in [0.1, 0.15) is 0 Å². The maximum Gasteiger partial charge on any atom is 0.218 e. The van der Waals surface area contributed by atoms with Gasteiger partial charge in [0.2, 0.25) is 10.0 Å². The van der Waals surface area contributed by atoms with Crippen molar-refractivity contribution < 1.29 is 8.42 Å². The lowest BCUT2D eigenvalue weighted by molar-refractivity contribution is 0.220. The highest BCUT2D eigenvalue weighted by Gasteiger charge is 2.31. The van der Waals surface area contributed by atoms with Crippen LogP contribution in [0.15, 0.2) is 24.3 Å². The largest absolute Gasteiger partial charge is 0.326 e. The molecule has 1 aliphatic heterocycles. The summed E-state index contributed by atoms with van der Waals surface area (Å²) in [7, 11) is -3.24. The molecule has 0 bridgehead atoms. The zero-order valence-corrected chi connectivity index (χ0v) is 13.1. The van der Waals surface area contributed by atoms with E-state index in [-0.39, 0.29) is 11.8 Å². The Balaban J connectivity index is 2.14. The number of sulfonamides is 1.